The second-order valence-corrected chi connectivity index (χ2v) is 5.44. The van der Waals surface area contributed by atoms with E-state index in [1.807, 2.05) is 27.7 Å². The Morgan fingerprint density at radius 2 is 1.35 bits per heavy atom. The van der Waals surface area contributed by atoms with Gasteiger partial charge in [0.2, 0.25) is 0 Å². The van der Waals surface area contributed by atoms with Crippen LogP contribution in [-0.2, 0) is 0 Å². The van der Waals surface area contributed by atoms with Crippen molar-refractivity contribution in [3.63, 3.8) is 0 Å². The molecule has 0 aliphatic heterocycles. The summed E-state index contributed by atoms with van der Waals surface area (Å²) in [7, 11) is 0. The molecule has 0 N–H and O–H groups in total. The van der Waals surface area contributed by atoms with Crippen LogP contribution < -0.4 is 0 Å². The van der Waals surface area contributed by atoms with Crippen LogP contribution in [0.2, 0.25) is 0 Å². The second-order valence-electron chi connectivity index (χ2n) is 5.44. The first-order valence-corrected chi connectivity index (χ1v) is 8.04. The van der Waals surface area contributed by atoms with Crippen LogP contribution in [0, 0.1) is 29.6 Å². The lowest BCUT2D eigenvalue weighted by molar-refractivity contribution is 0.390. The lowest BCUT2D eigenvalue weighted by Gasteiger charge is -2.21. The maximum Gasteiger partial charge on any atom is -0.0199 e. The van der Waals surface area contributed by atoms with Crippen LogP contribution in [0.4, 0.5) is 0 Å². The third kappa shape index (κ3) is 3.36. The van der Waals surface area contributed by atoms with Gasteiger partial charge in [-0.15, -0.1) is 0 Å². The molecule has 3 aliphatic carbocycles. The van der Waals surface area contributed by atoms with Gasteiger partial charge in [0, 0.05) is 0 Å². The number of fused-ring (bicyclic) bond motifs is 1. The molecule has 0 amide bonds. The van der Waals surface area contributed by atoms with Crippen molar-refractivity contribution in [1.29, 1.82) is 0 Å². The Labute approximate surface area is 109 Å². The lowest BCUT2D eigenvalue weighted by atomic mass is 9.84. The van der Waals surface area contributed by atoms with Gasteiger partial charge in [-0.3, -0.25) is 0 Å². The fraction of sp³-hybridized carbons (Fsp3) is 0.882. The van der Waals surface area contributed by atoms with Gasteiger partial charge in [-0.05, 0) is 55.3 Å². The summed E-state index contributed by atoms with van der Waals surface area (Å²) in [5.41, 5.74) is 0. The SMILES string of the molecule is CC.CC.CC1C=CC(C2C3CCCC32)CC1. The van der Waals surface area contributed by atoms with Crippen molar-refractivity contribution >= 4 is 0 Å². The zero-order valence-corrected chi connectivity index (χ0v) is 12.6. The molecule has 0 heteroatoms. The summed E-state index contributed by atoms with van der Waals surface area (Å²) in [4.78, 5) is 0. The van der Waals surface area contributed by atoms with Crippen LogP contribution in [0.5, 0.6) is 0 Å². The van der Waals surface area contributed by atoms with Crippen molar-refractivity contribution in [3.8, 4) is 0 Å². The summed E-state index contributed by atoms with van der Waals surface area (Å²) in [5, 5.41) is 0. The normalized spacial score (nSPS) is 41.6. The average Bonchev–Trinajstić information content (AvgIpc) is 2.88. The third-order valence-electron chi connectivity index (χ3n) is 4.61. The number of hydrogen-bond acceptors (Lipinski definition) is 0. The Kier molecular flexibility index (Phi) is 6.30. The smallest absolute Gasteiger partial charge is 0.0199 e. The average molecular weight is 236 g/mol. The fourth-order valence-corrected chi connectivity index (χ4v) is 3.81. The van der Waals surface area contributed by atoms with Crippen LogP contribution in [0.15, 0.2) is 12.2 Å². The van der Waals surface area contributed by atoms with Crippen LogP contribution in [0.25, 0.3) is 0 Å². The molecule has 0 bridgehead atoms. The summed E-state index contributed by atoms with van der Waals surface area (Å²) in [6.45, 7) is 10.3. The molecule has 0 spiro atoms. The highest BCUT2D eigenvalue weighted by Crippen LogP contribution is 2.62. The molecule has 4 unspecified atom stereocenters. The molecule has 0 aromatic rings. The molecule has 4 atom stereocenters. The van der Waals surface area contributed by atoms with Crippen molar-refractivity contribution in [2.24, 2.45) is 29.6 Å². The summed E-state index contributed by atoms with van der Waals surface area (Å²) in [5.74, 6) is 5.27. The summed E-state index contributed by atoms with van der Waals surface area (Å²) in [6, 6.07) is 0. The number of allylic oxidation sites excluding steroid dienone is 2. The van der Waals surface area contributed by atoms with Crippen LogP contribution >= 0.6 is 0 Å². The molecule has 3 rings (SSSR count). The zero-order valence-electron chi connectivity index (χ0n) is 12.6. The molecule has 100 valence electrons. The standard InChI is InChI=1S/C13H20.2C2H6/c1-9-5-7-10(8-6-9)13-11-3-2-4-12(11)13;2*1-2/h5,7,9-13H,2-4,6,8H2,1H3;2*1-2H3. The topological polar surface area (TPSA) is 0 Å². The highest BCUT2D eigenvalue weighted by atomic mass is 14.6. The van der Waals surface area contributed by atoms with Crippen LogP contribution in [0.1, 0.15) is 66.7 Å². The van der Waals surface area contributed by atoms with Crippen molar-refractivity contribution in [1.82, 2.24) is 0 Å². The minimum absolute atomic E-state index is 0.856. The minimum Gasteiger partial charge on any atom is -0.0854 e. The van der Waals surface area contributed by atoms with Gasteiger partial charge in [0.25, 0.3) is 0 Å². The first-order valence-electron chi connectivity index (χ1n) is 8.04. The minimum atomic E-state index is 0.856. The monoisotopic (exact) mass is 236 g/mol. The molecule has 3 aliphatic rings. The Morgan fingerprint density at radius 1 is 0.765 bits per heavy atom. The molecule has 0 radical (unpaired) electrons. The largest absolute Gasteiger partial charge is 0.0854 e. The molecular formula is C17H32. The highest BCUT2D eigenvalue weighted by Gasteiger charge is 2.54. The molecule has 17 heavy (non-hydrogen) atoms. The lowest BCUT2D eigenvalue weighted by Crippen LogP contribution is -2.10. The first kappa shape index (κ1) is 14.8. The van der Waals surface area contributed by atoms with E-state index in [2.05, 4.69) is 19.1 Å². The van der Waals surface area contributed by atoms with E-state index in [0.717, 1.165) is 29.6 Å². The van der Waals surface area contributed by atoms with E-state index in [-0.39, 0.29) is 0 Å². The van der Waals surface area contributed by atoms with E-state index in [1.165, 1.54) is 19.3 Å². The zero-order chi connectivity index (χ0) is 12.8. The predicted octanol–water partition coefficient (Wildman–Crippen LogP) is 5.69. The van der Waals surface area contributed by atoms with Gasteiger partial charge in [-0.25, -0.2) is 0 Å². The van der Waals surface area contributed by atoms with Crippen molar-refractivity contribution < 1.29 is 0 Å². The maximum atomic E-state index is 2.54. The summed E-state index contributed by atoms with van der Waals surface area (Å²) < 4.78 is 0. The van der Waals surface area contributed by atoms with Crippen LogP contribution in [-0.4, -0.2) is 0 Å². The third-order valence-corrected chi connectivity index (χ3v) is 4.61. The maximum absolute atomic E-state index is 2.54. The van der Waals surface area contributed by atoms with Gasteiger partial charge in [0.15, 0.2) is 0 Å². The number of hydrogen-bond donors (Lipinski definition) is 0. The Morgan fingerprint density at radius 3 is 1.82 bits per heavy atom. The van der Waals surface area contributed by atoms with Crippen LogP contribution in [0.3, 0.4) is 0 Å². The van der Waals surface area contributed by atoms with Gasteiger partial charge < -0.3 is 0 Å². The molecule has 0 nitrogen and oxygen atoms in total. The molecule has 0 saturated heterocycles. The van der Waals surface area contributed by atoms with E-state index in [9.17, 15) is 0 Å². The molecule has 2 fully saturated rings. The van der Waals surface area contributed by atoms with E-state index in [0.29, 0.717) is 0 Å². The van der Waals surface area contributed by atoms with E-state index in [4.69, 9.17) is 0 Å². The van der Waals surface area contributed by atoms with E-state index < -0.39 is 0 Å². The van der Waals surface area contributed by atoms with E-state index in [1.54, 1.807) is 12.8 Å². The molecule has 0 heterocycles. The van der Waals surface area contributed by atoms with Gasteiger partial charge in [0.1, 0.15) is 0 Å². The molecule has 2 saturated carbocycles. The van der Waals surface area contributed by atoms with E-state index >= 15 is 0 Å². The summed E-state index contributed by atoms with van der Waals surface area (Å²) >= 11 is 0. The predicted molar refractivity (Wildman–Crippen MR) is 78.0 cm³/mol. The van der Waals surface area contributed by atoms with Crippen molar-refractivity contribution in [2.75, 3.05) is 0 Å². The Bertz CT molecular complexity index is 218. The van der Waals surface area contributed by atoms with Crippen molar-refractivity contribution in [2.45, 2.75) is 66.7 Å². The quantitative estimate of drug-likeness (QED) is 0.513. The highest BCUT2D eigenvalue weighted by molar-refractivity contribution is 5.10. The van der Waals surface area contributed by atoms with Gasteiger partial charge in [-0.1, -0.05) is 53.2 Å². The first-order chi connectivity index (χ1) is 8.36. The molecule has 0 aromatic heterocycles. The van der Waals surface area contributed by atoms with Gasteiger partial charge >= 0.3 is 0 Å². The van der Waals surface area contributed by atoms with Crippen molar-refractivity contribution in [3.05, 3.63) is 12.2 Å². The fourth-order valence-electron chi connectivity index (χ4n) is 3.81. The molecule has 0 aromatic carbocycles. The number of rotatable bonds is 1. The second kappa shape index (κ2) is 7.24. The Balaban J connectivity index is 0.000000330. The van der Waals surface area contributed by atoms with Gasteiger partial charge in [-0.2, -0.15) is 0 Å². The molecular weight excluding hydrogens is 204 g/mol. The van der Waals surface area contributed by atoms with Gasteiger partial charge in [0.05, 0.1) is 0 Å². The summed E-state index contributed by atoms with van der Waals surface area (Å²) in [6.07, 6.45) is 12.6. The Hall–Kier alpha value is -0.260.